The van der Waals surface area contributed by atoms with E-state index < -0.39 is 0 Å². The summed E-state index contributed by atoms with van der Waals surface area (Å²) in [7, 11) is 1.61. The fourth-order valence-electron chi connectivity index (χ4n) is 1.96. The summed E-state index contributed by atoms with van der Waals surface area (Å²) in [5.41, 5.74) is 1.39. The Bertz CT molecular complexity index is 580. The van der Waals surface area contributed by atoms with E-state index in [9.17, 15) is 5.11 Å². The molecule has 0 aliphatic carbocycles. The molecule has 2 aromatic rings. The van der Waals surface area contributed by atoms with Gasteiger partial charge in [-0.25, -0.2) is 0 Å². The lowest BCUT2D eigenvalue weighted by Gasteiger charge is -2.08. The lowest BCUT2D eigenvalue weighted by molar-refractivity contribution is 0.188. The van der Waals surface area contributed by atoms with Crippen LogP contribution in [0.4, 0.5) is 0 Å². The number of hydrogen-bond acceptors (Lipinski definition) is 2. The molecule has 1 aromatic carbocycles. The Labute approximate surface area is 120 Å². The molecule has 0 atom stereocenters. The zero-order valence-corrected chi connectivity index (χ0v) is 12.0. The average molecular weight is 309 g/mol. The van der Waals surface area contributed by atoms with Crippen LogP contribution >= 0.6 is 34.8 Å². The first-order chi connectivity index (χ1) is 8.61. The summed E-state index contributed by atoms with van der Waals surface area (Å²) in [5, 5.41) is 11.6. The Morgan fingerprint density at radius 1 is 1.28 bits per heavy atom. The summed E-state index contributed by atoms with van der Waals surface area (Å²) < 4.78 is 6.85. The lowest BCUT2D eigenvalue weighted by atomic mass is 10.2. The number of nitrogens with zero attached hydrogens (tertiary/aromatic N) is 1. The molecule has 0 radical (unpaired) electrons. The van der Waals surface area contributed by atoms with Crippen molar-refractivity contribution >= 4 is 45.7 Å². The van der Waals surface area contributed by atoms with E-state index >= 15 is 0 Å². The summed E-state index contributed by atoms with van der Waals surface area (Å²) >= 11 is 18.5. The molecule has 2 rings (SSSR count). The fourth-order valence-corrected chi connectivity index (χ4v) is 2.71. The predicted molar refractivity (Wildman–Crippen MR) is 74.8 cm³/mol. The van der Waals surface area contributed by atoms with Gasteiger partial charge < -0.3 is 14.4 Å². The molecule has 98 valence electrons. The number of aliphatic hydroxyl groups excluding tert-OH is 1. The molecular formula is C12H12Cl3NO2. The monoisotopic (exact) mass is 307 g/mol. The van der Waals surface area contributed by atoms with Crippen molar-refractivity contribution in [1.29, 1.82) is 0 Å². The highest BCUT2D eigenvalue weighted by atomic mass is 35.5. The highest BCUT2D eigenvalue weighted by Crippen LogP contribution is 2.37. The predicted octanol–water partition coefficient (Wildman–Crippen LogP) is 3.74. The van der Waals surface area contributed by atoms with Crippen molar-refractivity contribution in [2.45, 2.75) is 13.2 Å². The molecule has 0 spiro atoms. The van der Waals surface area contributed by atoms with Crippen LogP contribution in [0.15, 0.2) is 12.1 Å². The first kappa shape index (κ1) is 14.0. The van der Waals surface area contributed by atoms with Crippen molar-refractivity contribution in [3.8, 4) is 0 Å². The number of fused-ring (bicyclic) bond motifs is 1. The summed E-state index contributed by atoms with van der Waals surface area (Å²) in [6.45, 7) is 0.899. The van der Waals surface area contributed by atoms with Crippen molar-refractivity contribution in [2.75, 3.05) is 13.7 Å². The average Bonchev–Trinajstić information content (AvgIpc) is 2.64. The topological polar surface area (TPSA) is 34.4 Å². The molecule has 0 saturated carbocycles. The highest BCUT2D eigenvalue weighted by molar-refractivity contribution is 6.45. The van der Waals surface area contributed by atoms with Gasteiger partial charge in [-0.05, 0) is 6.07 Å². The molecule has 18 heavy (non-hydrogen) atoms. The van der Waals surface area contributed by atoms with Crippen molar-refractivity contribution < 1.29 is 9.84 Å². The van der Waals surface area contributed by atoms with Crippen LogP contribution in [0.2, 0.25) is 15.2 Å². The minimum atomic E-state index is -0.146. The molecule has 3 nitrogen and oxygen atoms in total. The van der Waals surface area contributed by atoms with E-state index in [2.05, 4.69) is 0 Å². The lowest BCUT2D eigenvalue weighted by Crippen LogP contribution is -2.04. The van der Waals surface area contributed by atoms with E-state index in [0.29, 0.717) is 33.9 Å². The van der Waals surface area contributed by atoms with Crippen molar-refractivity contribution in [2.24, 2.45) is 0 Å². The van der Waals surface area contributed by atoms with E-state index in [1.54, 1.807) is 17.7 Å². The molecule has 0 fully saturated rings. The van der Waals surface area contributed by atoms with Gasteiger partial charge in [-0.2, -0.15) is 0 Å². The summed E-state index contributed by atoms with van der Waals surface area (Å²) in [5.74, 6) is 0. The van der Waals surface area contributed by atoms with E-state index in [4.69, 9.17) is 39.5 Å². The number of aliphatic hydroxyl groups is 1. The third kappa shape index (κ3) is 2.22. The molecular weight excluding hydrogens is 296 g/mol. The zero-order chi connectivity index (χ0) is 13.3. The number of aromatic nitrogens is 1. The van der Waals surface area contributed by atoms with Crippen LogP contribution in [-0.4, -0.2) is 23.4 Å². The van der Waals surface area contributed by atoms with Gasteiger partial charge in [0.25, 0.3) is 0 Å². The molecule has 1 heterocycles. The summed E-state index contributed by atoms with van der Waals surface area (Å²) in [6.07, 6.45) is 0. The van der Waals surface area contributed by atoms with Crippen LogP contribution in [0.3, 0.4) is 0 Å². The van der Waals surface area contributed by atoms with E-state index in [1.165, 1.54) is 0 Å². The second-order valence-corrected chi connectivity index (χ2v) is 4.97. The number of benzene rings is 1. The van der Waals surface area contributed by atoms with Gasteiger partial charge in [0, 0.05) is 24.6 Å². The van der Waals surface area contributed by atoms with Crippen molar-refractivity contribution in [3.05, 3.63) is 32.9 Å². The van der Waals surface area contributed by atoms with Gasteiger partial charge >= 0.3 is 0 Å². The van der Waals surface area contributed by atoms with Crippen LogP contribution in [0.1, 0.15) is 5.56 Å². The van der Waals surface area contributed by atoms with Gasteiger partial charge in [0.1, 0.15) is 5.15 Å². The zero-order valence-electron chi connectivity index (χ0n) is 9.71. The smallest absolute Gasteiger partial charge is 0.115 e. The standard InChI is InChI=1S/C12H12Cl3NO2/c1-18-5-4-16-11-7(8(6-17)12(16)15)2-3-9(13)10(11)14/h2-3,17H,4-6H2,1H3. The van der Waals surface area contributed by atoms with Crippen LogP contribution in [0.5, 0.6) is 0 Å². The van der Waals surface area contributed by atoms with Gasteiger partial charge in [-0.15, -0.1) is 0 Å². The Balaban J connectivity index is 2.73. The summed E-state index contributed by atoms with van der Waals surface area (Å²) in [4.78, 5) is 0. The second-order valence-electron chi connectivity index (χ2n) is 3.83. The minimum Gasteiger partial charge on any atom is -0.392 e. The van der Waals surface area contributed by atoms with Crippen molar-refractivity contribution in [1.82, 2.24) is 4.57 Å². The number of hydrogen-bond donors (Lipinski definition) is 1. The Morgan fingerprint density at radius 2 is 2.00 bits per heavy atom. The maximum Gasteiger partial charge on any atom is 0.115 e. The largest absolute Gasteiger partial charge is 0.392 e. The number of methoxy groups -OCH3 is 1. The summed E-state index contributed by atoms with van der Waals surface area (Å²) in [6, 6.07) is 3.51. The fraction of sp³-hybridized carbons (Fsp3) is 0.333. The maximum absolute atomic E-state index is 9.41. The highest BCUT2D eigenvalue weighted by Gasteiger charge is 2.18. The molecule has 1 N–H and O–H groups in total. The van der Waals surface area contributed by atoms with Crippen LogP contribution < -0.4 is 0 Å². The molecule has 0 unspecified atom stereocenters. The Kier molecular flexibility index (Phi) is 4.41. The molecule has 6 heteroatoms. The maximum atomic E-state index is 9.41. The van der Waals surface area contributed by atoms with E-state index in [-0.39, 0.29) is 6.61 Å². The quantitative estimate of drug-likeness (QED) is 0.933. The van der Waals surface area contributed by atoms with Crippen LogP contribution in [0, 0.1) is 0 Å². The number of halogens is 3. The third-order valence-corrected chi connectivity index (χ3v) is 4.05. The molecule has 0 aliphatic heterocycles. The van der Waals surface area contributed by atoms with E-state index in [0.717, 1.165) is 10.9 Å². The molecule has 0 aliphatic rings. The van der Waals surface area contributed by atoms with Crippen LogP contribution in [0.25, 0.3) is 10.9 Å². The number of ether oxygens (including phenoxy) is 1. The molecule has 0 amide bonds. The SMILES string of the molecule is COCCn1c(Cl)c(CO)c2ccc(Cl)c(Cl)c21. The third-order valence-electron chi connectivity index (χ3n) is 2.83. The molecule has 1 aromatic heterocycles. The first-order valence-corrected chi connectivity index (χ1v) is 6.49. The first-order valence-electron chi connectivity index (χ1n) is 5.36. The Hall–Kier alpha value is -0.450. The van der Waals surface area contributed by atoms with Gasteiger partial charge in [0.05, 0.1) is 28.8 Å². The van der Waals surface area contributed by atoms with Gasteiger partial charge in [-0.3, -0.25) is 0 Å². The van der Waals surface area contributed by atoms with Gasteiger partial charge in [0.2, 0.25) is 0 Å². The van der Waals surface area contributed by atoms with Crippen LogP contribution in [-0.2, 0) is 17.9 Å². The normalized spacial score (nSPS) is 11.4. The van der Waals surface area contributed by atoms with Crippen molar-refractivity contribution in [3.63, 3.8) is 0 Å². The molecule has 0 saturated heterocycles. The molecule has 0 bridgehead atoms. The Morgan fingerprint density at radius 3 is 2.61 bits per heavy atom. The second kappa shape index (κ2) is 5.68. The number of rotatable bonds is 4. The van der Waals surface area contributed by atoms with E-state index in [1.807, 2.05) is 6.07 Å². The van der Waals surface area contributed by atoms with Gasteiger partial charge in [-0.1, -0.05) is 40.9 Å². The minimum absolute atomic E-state index is 0.146. The van der Waals surface area contributed by atoms with Gasteiger partial charge in [0.15, 0.2) is 0 Å².